The highest BCUT2D eigenvalue weighted by Crippen LogP contribution is 2.35. The Kier molecular flexibility index (Phi) is 5.37. The number of rotatable bonds is 4. The summed E-state index contributed by atoms with van der Waals surface area (Å²) >= 11 is 6.70. The van der Waals surface area contributed by atoms with Crippen molar-refractivity contribution in [2.24, 2.45) is 5.10 Å². The molecule has 7 heteroatoms. The first-order valence-corrected chi connectivity index (χ1v) is 10.2. The molecule has 1 aliphatic rings. The zero-order valence-electron chi connectivity index (χ0n) is 14.9. The van der Waals surface area contributed by atoms with Crippen LogP contribution in [0.3, 0.4) is 0 Å². The SMILES string of the molecule is COc1ccc([C@H]2CC(c3ccc(Br)cc3)=NN2C(=O)c2ccc(Br)o2)cc1. The number of hydrogen-bond acceptors (Lipinski definition) is 4. The predicted octanol–water partition coefficient (Wildman–Crippen LogP) is 5.80. The molecule has 2 aromatic carbocycles. The summed E-state index contributed by atoms with van der Waals surface area (Å²) in [7, 11) is 1.63. The second kappa shape index (κ2) is 7.93. The Morgan fingerprint density at radius 2 is 1.79 bits per heavy atom. The first-order chi connectivity index (χ1) is 13.5. The van der Waals surface area contributed by atoms with Crippen LogP contribution >= 0.6 is 31.9 Å². The van der Waals surface area contributed by atoms with Gasteiger partial charge in [0.25, 0.3) is 0 Å². The van der Waals surface area contributed by atoms with Gasteiger partial charge < -0.3 is 9.15 Å². The van der Waals surface area contributed by atoms with Crippen molar-refractivity contribution < 1.29 is 13.9 Å². The number of furan rings is 1. The lowest BCUT2D eigenvalue weighted by Crippen LogP contribution is -2.26. The standard InChI is InChI=1S/C21H16Br2N2O3/c1-27-16-8-4-14(5-9-16)18-12-17(13-2-6-15(22)7-3-13)24-25(18)21(26)19-10-11-20(23)28-19/h2-11,18H,12H2,1H3/t18-/m1/s1. The highest BCUT2D eigenvalue weighted by Gasteiger charge is 2.35. The van der Waals surface area contributed by atoms with Gasteiger partial charge in [-0.1, -0.05) is 40.2 Å². The molecule has 1 amide bonds. The summed E-state index contributed by atoms with van der Waals surface area (Å²) in [5, 5.41) is 6.16. The van der Waals surface area contributed by atoms with Crippen LogP contribution in [0.1, 0.15) is 34.1 Å². The summed E-state index contributed by atoms with van der Waals surface area (Å²) in [6.07, 6.45) is 0.613. The van der Waals surface area contributed by atoms with Crippen molar-refractivity contribution in [1.29, 1.82) is 0 Å². The lowest BCUT2D eigenvalue weighted by molar-refractivity contribution is 0.0677. The van der Waals surface area contributed by atoms with E-state index >= 15 is 0 Å². The van der Waals surface area contributed by atoms with Crippen LogP contribution in [0.5, 0.6) is 5.75 Å². The van der Waals surface area contributed by atoms with E-state index in [1.807, 2.05) is 48.5 Å². The number of ether oxygens (including phenoxy) is 1. The first kappa shape index (κ1) is 19.0. The van der Waals surface area contributed by atoms with E-state index in [1.165, 1.54) is 5.01 Å². The number of benzene rings is 2. The van der Waals surface area contributed by atoms with E-state index in [1.54, 1.807) is 19.2 Å². The molecule has 0 bridgehead atoms. The van der Waals surface area contributed by atoms with Gasteiger partial charge in [-0.05, 0) is 63.5 Å². The van der Waals surface area contributed by atoms with Crippen molar-refractivity contribution in [2.45, 2.75) is 12.5 Å². The molecule has 1 aliphatic heterocycles. The summed E-state index contributed by atoms with van der Waals surface area (Å²) in [6, 6.07) is 18.7. The van der Waals surface area contributed by atoms with Crippen LogP contribution in [0.2, 0.25) is 0 Å². The largest absolute Gasteiger partial charge is 0.497 e. The number of carbonyl (C=O) groups excluding carboxylic acids is 1. The molecule has 0 radical (unpaired) electrons. The fourth-order valence-electron chi connectivity index (χ4n) is 3.14. The third-order valence-corrected chi connectivity index (χ3v) is 5.54. The van der Waals surface area contributed by atoms with Gasteiger partial charge in [-0.15, -0.1) is 0 Å². The van der Waals surface area contributed by atoms with Crippen LogP contribution < -0.4 is 4.74 Å². The quantitative estimate of drug-likeness (QED) is 0.451. The number of hydrazone groups is 1. The Labute approximate surface area is 179 Å². The van der Waals surface area contributed by atoms with E-state index in [0.717, 1.165) is 27.1 Å². The van der Waals surface area contributed by atoms with Crippen LogP contribution in [0.4, 0.5) is 0 Å². The van der Waals surface area contributed by atoms with E-state index in [9.17, 15) is 4.79 Å². The van der Waals surface area contributed by atoms with Gasteiger partial charge in [0.05, 0.1) is 18.9 Å². The van der Waals surface area contributed by atoms with Crippen molar-refractivity contribution >= 4 is 43.5 Å². The molecule has 5 nitrogen and oxygen atoms in total. The van der Waals surface area contributed by atoms with Crippen LogP contribution in [-0.4, -0.2) is 23.7 Å². The Balaban J connectivity index is 1.71. The number of amides is 1. The highest BCUT2D eigenvalue weighted by atomic mass is 79.9. The average molecular weight is 504 g/mol. The van der Waals surface area contributed by atoms with E-state index in [0.29, 0.717) is 11.1 Å². The maximum Gasteiger partial charge on any atom is 0.310 e. The maximum absolute atomic E-state index is 13.1. The third kappa shape index (κ3) is 3.77. The normalized spacial score (nSPS) is 16.2. The second-order valence-electron chi connectivity index (χ2n) is 6.30. The molecule has 1 atom stereocenters. The van der Waals surface area contributed by atoms with Gasteiger partial charge in [0, 0.05) is 10.9 Å². The molecule has 0 saturated heterocycles. The monoisotopic (exact) mass is 502 g/mol. The summed E-state index contributed by atoms with van der Waals surface area (Å²) in [5.41, 5.74) is 2.82. The molecule has 0 unspecified atom stereocenters. The summed E-state index contributed by atoms with van der Waals surface area (Å²) in [4.78, 5) is 13.1. The minimum absolute atomic E-state index is 0.221. The summed E-state index contributed by atoms with van der Waals surface area (Å²) in [6.45, 7) is 0. The van der Waals surface area contributed by atoms with Crippen molar-refractivity contribution in [3.05, 3.63) is 86.7 Å². The predicted molar refractivity (Wildman–Crippen MR) is 114 cm³/mol. The zero-order valence-corrected chi connectivity index (χ0v) is 18.1. The molecule has 0 spiro atoms. The van der Waals surface area contributed by atoms with Gasteiger partial charge in [-0.25, -0.2) is 5.01 Å². The molecule has 0 N–H and O–H groups in total. The topological polar surface area (TPSA) is 55.0 Å². The Hall–Kier alpha value is -2.38. The van der Waals surface area contributed by atoms with Crippen LogP contribution in [0.15, 0.2) is 79.3 Å². The van der Waals surface area contributed by atoms with Gasteiger partial charge in [-0.2, -0.15) is 5.10 Å². The van der Waals surface area contributed by atoms with E-state index in [-0.39, 0.29) is 17.7 Å². The number of methoxy groups -OCH3 is 1. The Morgan fingerprint density at radius 3 is 2.39 bits per heavy atom. The molecule has 2 heterocycles. The second-order valence-corrected chi connectivity index (χ2v) is 8.00. The average Bonchev–Trinajstić information content (AvgIpc) is 3.35. The van der Waals surface area contributed by atoms with Crippen molar-refractivity contribution in [3.8, 4) is 5.75 Å². The fourth-order valence-corrected chi connectivity index (χ4v) is 3.71. The molecule has 28 heavy (non-hydrogen) atoms. The number of nitrogens with zero attached hydrogens (tertiary/aromatic N) is 2. The fraction of sp³-hybridized carbons (Fsp3) is 0.143. The van der Waals surface area contributed by atoms with Gasteiger partial charge in [0.1, 0.15) is 5.75 Å². The van der Waals surface area contributed by atoms with Crippen molar-refractivity contribution in [1.82, 2.24) is 5.01 Å². The molecule has 0 saturated carbocycles. The smallest absolute Gasteiger partial charge is 0.310 e. The molecule has 1 aromatic heterocycles. The lowest BCUT2D eigenvalue weighted by atomic mass is 9.98. The van der Waals surface area contributed by atoms with Crippen molar-refractivity contribution in [3.63, 3.8) is 0 Å². The first-order valence-electron chi connectivity index (χ1n) is 8.61. The molecule has 3 aromatic rings. The number of carbonyl (C=O) groups is 1. The van der Waals surface area contributed by atoms with Gasteiger partial charge in [0.15, 0.2) is 10.4 Å². The Bertz CT molecular complexity index is 1030. The number of halogens is 2. The minimum atomic E-state index is -0.279. The van der Waals surface area contributed by atoms with Crippen LogP contribution in [0.25, 0.3) is 0 Å². The molecule has 0 aliphatic carbocycles. The lowest BCUT2D eigenvalue weighted by Gasteiger charge is -2.21. The summed E-state index contributed by atoms with van der Waals surface area (Å²) in [5.74, 6) is 0.730. The molecule has 142 valence electrons. The summed E-state index contributed by atoms with van der Waals surface area (Å²) < 4.78 is 12.2. The Morgan fingerprint density at radius 1 is 1.07 bits per heavy atom. The van der Waals surface area contributed by atoms with Crippen molar-refractivity contribution in [2.75, 3.05) is 7.11 Å². The highest BCUT2D eigenvalue weighted by molar-refractivity contribution is 9.10. The van der Waals surface area contributed by atoms with Gasteiger partial charge in [0.2, 0.25) is 0 Å². The van der Waals surface area contributed by atoms with Gasteiger partial charge >= 0.3 is 5.91 Å². The minimum Gasteiger partial charge on any atom is -0.497 e. The third-order valence-electron chi connectivity index (χ3n) is 4.58. The molecule has 4 rings (SSSR count). The zero-order chi connectivity index (χ0) is 19.7. The van der Waals surface area contributed by atoms with Crippen LogP contribution in [-0.2, 0) is 0 Å². The molecular weight excluding hydrogens is 488 g/mol. The molecule has 0 fully saturated rings. The van der Waals surface area contributed by atoms with E-state index in [2.05, 4.69) is 37.0 Å². The van der Waals surface area contributed by atoms with Gasteiger partial charge in [-0.3, -0.25) is 4.79 Å². The van der Waals surface area contributed by atoms with Crippen LogP contribution in [0, 0.1) is 0 Å². The number of hydrogen-bond donors (Lipinski definition) is 0. The van der Waals surface area contributed by atoms with E-state index < -0.39 is 0 Å². The van der Waals surface area contributed by atoms with E-state index in [4.69, 9.17) is 9.15 Å². The molecular formula is C21H16Br2N2O3. The maximum atomic E-state index is 13.1.